The highest BCUT2D eigenvalue weighted by atomic mass is 16.5. The molecule has 0 aliphatic rings. The third-order valence-corrected chi connectivity index (χ3v) is 5.49. The van der Waals surface area contributed by atoms with E-state index in [-0.39, 0.29) is 5.56 Å². The quantitative estimate of drug-likeness (QED) is 0.542. The smallest absolute Gasteiger partial charge is 0.268 e. The van der Waals surface area contributed by atoms with Crippen LogP contribution in [0.5, 0.6) is 5.75 Å². The Labute approximate surface area is 179 Å². The SMILES string of the molecule is COc1ccccc1-n1ccc(C)c(C(=O)NCc2ccc3c(c2)nc(C)n3C)c1=O. The summed E-state index contributed by atoms with van der Waals surface area (Å²) in [5, 5.41) is 2.87. The third-order valence-electron chi connectivity index (χ3n) is 5.49. The van der Waals surface area contributed by atoms with Crippen molar-refractivity contribution in [1.82, 2.24) is 19.4 Å². The van der Waals surface area contributed by atoms with Gasteiger partial charge in [0.15, 0.2) is 0 Å². The normalized spacial score (nSPS) is 11.0. The lowest BCUT2D eigenvalue weighted by Gasteiger charge is -2.13. The Hall–Kier alpha value is -3.87. The lowest BCUT2D eigenvalue weighted by atomic mass is 10.1. The van der Waals surface area contributed by atoms with Crippen LogP contribution >= 0.6 is 0 Å². The van der Waals surface area contributed by atoms with E-state index in [4.69, 9.17) is 4.74 Å². The molecule has 4 rings (SSSR count). The van der Waals surface area contributed by atoms with E-state index in [1.807, 2.05) is 48.9 Å². The lowest BCUT2D eigenvalue weighted by molar-refractivity contribution is 0.0948. The van der Waals surface area contributed by atoms with Crippen LogP contribution in [0.3, 0.4) is 0 Å². The number of amides is 1. The molecule has 1 amide bonds. The first kappa shape index (κ1) is 20.4. The molecule has 0 bridgehead atoms. The number of rotatable bonds is 5. The zero-order valence-electron chi connectivity index (χ0n) is 18.0. The number of hydrogen-bond donors (Lipinski definition) is 1. The molecule has 2 aromatic heterocycles. The third kappa shape index (κ3) is 3.70. The number of aryl methyl sites for hydroxylation is 3. The predicted octanol–water partition coefficient (Wildman–Crippen LogP) is 3.28. The van der Waals surface area contributed by atoms with Gasteiger partial charge in [-0.2, -0.15) is 0 Å². The van der Waals surface area contributed by atoms with Crippen LogP contribution in [0.2, 0.25) is 0 Å². The molecular formula is C24H24N4O3. The number of aromatic nitrogens is 3. The summed E-state index contributed by atoms with van der Waals surface area (Å²) < 4.78 is 8.82. The maximum atomic E-state index is 13.2. The van der Waals surface area contributed by atoms with Crippen molar-refractivity contribution in [3.05, 3.63) is 87.6 Å². The minimum absolute atomic E-state index is 0.114. The van der Waals surface area contributed by atoms with Crippen molar-refractivity contribution in [1.29, 1.82) is 0 Å². The van der Waals surface area contributed by atoms with Crippen LogP contribution < -0.4 is 15.6 Å². The van der Waals surface area contributed by atoms with Crippen LogP contribution in [0, 0.1) is 13.8 Å². The second-order valence-electron chi connectivity index (χ2n) is 7.44. The van der Waals surface area contributed by atoms with E-state index in [2.05, 4.69) is 10.3 Å². The van der Waals surface area contributed by atoms with Crippen molar-refractivity contribution >= 4 is 16.9 Å². The second kappa shape index (κ2) is 8.10. The van der Waals surface area contributed by atoms with E-state index in [9.17, 15) is 9.59 Å². The first-order valence-corrected chi connectivity index (χ1v) is 9.96. The van der Waals surface area contributed by atoms with Crippen molar-refractivity contribution in [2.75, 3.05) is 7.11 Å². The maximum Gasteiger partial charge on any atom is 0.268 e. The van der Waals surface area contributed by atoms with Gasteiger partial charge in [-0.1, -0.05) is 18.2 Å². The standard InChI is InChI=1S/C24H24N4O3/c1-15-11-12-28(20-7-5-6-8-21(20)31-4)24(30)22(15)23(29)25-14-17-9-10-19-18(13-17)26-16(2)27(19)3/h5-13H,14H2,1-4H3,(H,25,29). The summed E-state index contributed by atoms with van der Waals surface area (Å²) in [6.07, 6.45) is 1.66. The Morgan fingerprint density at radius 3 is 2.68 bits per heavy atom. The van der Waals surface area contributed by atoms with Crippen LogP contribution in [-0.2, 0) is 13.6 Å². The fraction of sp³-hybridized carbons (Fsp3) is 0.208. The van der Waals surface area contributed by atoms with E-state index in [1.54, 1.807) is 38.4 Å². The first-order chi connectivity index (χ1) is 14.9. The van der Waals surface area contributed by atoms with Crippen molar-refractivity contribution < 1.29 is 9.53 Å². The Bertz CT molecular complexity index is 1350. The number of methoxy groups -OCH3 is 1. The number of carbonyl (C=O) groups is 1. The lowest BCUT2D eigenvalue weighted by Crippen LogP contribution is -2.33. The number of fused-ring (bicyclic) bond motifs is 1. The average molecular weight is 416 g/mol. The van der Waals surface area contributed by atoms with Gasteiger partial charge in [0, 0.05) is 19.8 Å². The molecule has 0 saturated carbocycles. The number of carbonyl (C=O) groups excluding carboxylic acids is 1. The summed E-state index contributed by atoms with van der Waals surface area (Å²) in [6, 6.07) is 14.8. The van der Waals surface area contributed by atoms with E-state index >= 15 is 0 Å². The minimum Gasteiger partial charge on any atom is -0.495 e. The molecule has 0 aliphatic heterocycles. The molecule has 0 saturated heterocycles. The number of para-hydroxylation sites is 2. The first-order valence-electron chi connectivity index (χ1n) is 9.96. The van der Waals surface area contributed by atoms with E-state index in [0.29, 0.717) is 23.5 Å². The Morgan fingerprint density at radius 1 is 1.13 bits per heavy atom. The van der Waals surface area contributed by atoms with Crippen LogP contribution in [0.15, 0.2) is 59.5 Å². The summed E-state index contributed by atoms with van der Waals surface area (Å²) in [5.41, 5.74) is 3.75. The van der Waals surface area contributed by atoms with Gasteiger partial charge in [0.2, 0.25) is 0 Å². The summed E-state index contributed by atoms with van der Waals surface area (Å²) in [6.45, 7) is 4.00. The summed E-state index contributed by atoms with van der Waals surface area (Å²) in [4.78, 5) is 30.6. The van der Waals surface area contributed by atoms with Gasteiger partial charge < -0.3 is 14.6 Å². The van der Waals surface area contributed by atoms with Gasteiger partial charge in [0.1, 0.15) is 17.1 Å². The molecular weight excluding hydrogens is 392 g/mol. The van der Waals surface area contributed by atoms with Crippen molar-refractivity contribution in [3.8, 4) is 11.4 Å². The predicted molar refractivity (Wildman–Crippen MR) is 120 cm³/mol. The molecule has 0 spiro atoms. The van der Waals surface area contributed by atoms with E-state index in [0.717, 1.165) is 22.4 Å². The average Bonchev–Trinajstić information content (AvgIpc) is 3.05. The number of benzene rings is 2. The van der Waals surface area contributed by atoms with Gasteiger partial charge in [-0.3, -0.25) is 14.2 Å². The Kier molecular flexibility index (Phi) is 5.33. The fourth-order valence-electron chi connectivity index (χ4n) is 3.67. The van der Waals surface area contributed by atoms with Gasteiger partial charge >= 0.3 is 0 Å². The monoisotopic (exact) mass is 416 g/mol. The van der Waals surface area contributed by atoms with Crippen molar-refractivity contribution in [3.63, 3.8) is 0 Å². The zero-order valence-corrected chi connectivity index (χ0v) is 18.0. The van der Waals surface area contributed by atoms with Gasteiger partial charge in [-0.05, 0) is 55.3 Å². The maximum absolute atomic E-state index is 13.2. The summed E-state index contributed by atoms with van der Waals surface area (Å²) >= 11 is 0. The van der Waals surface area contributed by atoms with Crippen molar-refractivity contribution in [2.24, 2.45) is 7.05 Å². The van der Waals surface area contributed by atoms with Crippen molar-refractivity contribution in [2.45, 2.75) is 20.4 Å². The van der Waals surface area contributed by atoms with Gasteiger partial charge in [0.25, 0.3) is 11.5 Å². The van der Waals surface area contributed by atoms with E-state index in [1.165, 1.54) is 4.57 Å². The topological polar surface area (TPSA) is 78.2 Å². The Morgan fingerprint density at radius 2 is 1.90 bits per heavy atom. The second-order valence-corrected chi connectivity index (χ2v) is 7.44. The number of pyridine rings is 1. The van der Waals surface area contributed by atoms with Gasteiger partial charge in [-0.25, -0.2) is 4.98 Å². The fourth-order valence-corrected chi connectivity index (χ4v) is 3.67. The molecule has 0 radical (unpaired) electrons. The summed E-state index contributed by atoms with van der Waals surface area (Å²) in [7, 11) is 3.52. The van der Waals surface area contributed by atoms with Gasteiger partial charge in [0.05, 0.1) is 23.8 Å². The molecule has 0 aliphatic carbocycles. The highest BCUT2D eigenvalue weighted by molar-refractivity contribution is 5.95. The molecule has 2 aromatic carbocycles. The molecule has 1 N–H and O–H groups in total. The van der Waals surface area contributed by atoms with Crippen LogP contribution in [0.25, 0.3) is 16.7 Å². The number of nitrogens with one attached hydrogen (secondary N) is 1. The highest BCUT2D eigenvalue weighted by Crippen LogP contribution is 2.21. The molecule has 0 atom stereocenters. The van der Waals surface area contributed by atoms with Crippen LogP contribution in [0.4, 0.5) is 0 Å². The van der Waals surface area contributed by atoms with Crippen LogP contribution in [-0.4, -0.2) is 27.1 Å². The molecule has 158 valence electrons. The van der Waals surface area contributed by atoms with Crippen LogP contribution in [0.1, 0.15) is 27.3 Å². The molecule has 31 heavy (non-hydrogen) atoms. The number of ether oxygens (including phenoxy) is 1. The molecule has 2 heterocycles. The number of imidazole rings is 1. The molecule has 4 aromatic rings. The Balaban J connectivity index is 1.62. The molecule has 0 fully saturated rings. The number of nitrogens with zero attached hydrogens (tertiary/aromatic N) is 3. The number of hydrogen-bond acceptors (Lipinski definition) is 4. The zero-order chi connectivity index (χ0) is 22.1. The molecule has 7 heteroatoms. The molecule has 0 unspecified atom stereocenters. The largest absolute Gasteiger partial charge is 0.495 e. The summed E-state index contributed by atoms with van der Waals surface area (Å²) in [5.74, 6) is 1.07. The minimum atomic E-state index is -0.413. The van der Waals surface area contributed by atoms with E-state index < -0.39 is 11.5 Å². The molecule has 7 nitrogen and oxygen atoms in total. The van der Waals surface area contributed by atoms with Gasteiger partial charge in [-0.15, -0.1) is 0 Å². The highest BCUT2D eigenvalue weighted by Gasteiger charge is 2.18.